The number of carbonyl (C=O) groups is 1. The molecule has 1 fully saturated rings. The summed E-state index contributed by atoms with van der Waals surface area (Å²) in [5.41, 5.74) is 2.94. The molecule has 1 atom stereocenters. The number of aromatic nitrogens is 3. The van der Waals surface area contributed by atoms with E-state index in [2.05, 4.69) is 10.3 Å². The molecule has 0 bridgehead atoms. The van der Waals surface area contributed by atoms with Crippen LogP contribution in [0.5, 0.6) is 0 Å². The second kappa shape index (κ2) is 7.18. The largest absolute Gasteiger partial charge is 0.381 e. The van der Waals surface area contributed by atoms with Crippen molar-refractivity contribution in [2.45, 2.75) is 32.7 Å². The van der Waals surface area contributed by atoms with Gasteiger partial charge in [-0.1, -0.05) is 28.4 Å². The lowest BCUT2D eigenvalue weighted by Gasteiger charge is -2.30. The molecular weight excluding hydrogens is 375 g/mol. The Morgan fingerprint density at radius 1 is 1.42 bits per heavy atom. The number of hydrogen-bond acceptors (Lipinski definition) is 4. The third-order valence-corrected chi connectivity index (χ3v) is 6.00. The number of amides is 1. The first-order valence-electron chi connectivity index (χ1n) is 8.82. The van der Waals surface area contributed by atoms with Crippen LogP contribution in [0.1, 0.15) is 34.5 Å². The number of ether oxygens (including phenoxy) is 1. The van der Waals surface area contributed by atoms with Crippen molar-refractivity contribution in [3.63, 3.8) is 0 Å². The van der Waals surface area contributed by atoms with Gasteiger partial charge in [-0.25, -0.2) is 0 Å². The van der Waals surface area contributed by atoms with E-state index < -0.39 is 0 Å². The van der Waals surface area contributed by atoms with Crippen molar-refractivity contribution in [2.24, 2.45) is 5.92 Å². The fourth-order valence-corrected chi connectivity index (χ4v) is 4.14. The van der Waals surface area contributed by atoms with E-state index in [9.17, 15) is 4.79 Å². The second-order valence-electron chi connectivity index (χ2n) is 6.91. The third kappa shape index (κ3) is 3.21. The van der Waals surface area contributed by atoms with Crippen LogP contribution >= 0.6 is 23.2 Å². The highest BCUT2D eigenvalue weighted by molar-refractivity contribution is 6.37. The van der Waals surface area contributed by atoms with Gasteiger partial charge in [0.2, 0.25) is 0 Å². The van der Waals surface area contributed by atoms with Gasteiger partial charge in [-0.05, 0) is 43.4 Å². The van der Waals surface area contributed by atoms with Crippen molar-refractivity contribution in [3.8, 4) is 0 Å². The normalized spacial score (nSPS) is 19.7. The third-order valence-electron chi connectivity index (χ3n) is 5.10. The number of nitrogens with zero attached hydrogens (tertiary/aromatic N) is 4. The number of benzene rings is 1. The molecule has 3 heterocycles. The molecule has 0 saturated carbocycles. The Morgan fingerprint density at radius 3 is 3.04 bits per heavy atom. The Balaban J connectivity index is 1.59. The molecule has 1 aromatic heterocycles. The Bertz CT molecular complexity index is 846. The number of carbonyl (C=O) groups excluding carboxylic acids is 1. The maximum absolute atomic E-state index is 13.0. The molecule has 1 aromatic carbocycles. The van der Waals surface area contributed by atoms with E-state index in [4.69, 9.17) is 27.9 Å². The first-order chi connectivity index (χ1) is 12.5. The van der Waals surface area contributed by atoms with Crippen molar-refractivity contribution in [2.75, 3.05) is 24.7 Å². The lowest BCUT2D eigenvalue weighted by molar-refractivity contribution is 0.0980. The zero-order valence-corrected chi connectivity index (χ0v) is 16.1. The molecule has 1 amide bonds. The summed E-state index contributed by atoms with van der Waals surface area (Å²) in [6.07, 6.45) is 4.42. The Hall–Kier alpha value is -1.63. The average molecular weight is 395 g/mol. The molecule has 1 saturated heterocycles. The van der Waals surface area contributed by atoms with Crippen molar-refractivity contribution < 1.29 is 9.53 Å². The summed E-state index contributed by atoms with van der Waals surface area (Å²) in [5.74, 6) is 0.256. The highest BCUT2D eigenvalue weighted by Crippen LogP contribution is 2.39. The Morgan fingerprint density at radius 2 is 2.27 bits per heavy atom. The van der Waals surface area contributed by atoms with Gasteiger partial charge in [0.05, 0.1) is 23.5 Å². The molecule has 2 aliphatic rings. The summed E-state index contributed by atoms with van der Waals surface area (Å²) >= 11 is 12.8. The molecule has 0 spiro atoms. The van der Waals surface area contributed by atoms with Gasteiger partial charge in [0, 0.05) is 30.6 Å². The van der Waals surface area contributed by atoms with Gasteiger partial charge in [-0.3, -0.25) is 9.48 Å². The molecule has 0 aliphatic carbocycles. The highest BCUT2D eigenvalue weighted by atomic mass is 35.5. The SMILES string of the molecule is Cc1c(Cl)cc2c(c1Cl)CCCN2C(=O)c1cn(CC2CCOC2)nn1. The van der Waals surface area contributed by atoms with E-state index in [0.717, 1.165) is 49.3 Å². The molecule has 8 heteroatoms. The monoisotopic (exact) mass is 394 g/mol. The lowest BCUT2D eigenvalue weighted by atomic mass is 9.99. The van der Waals surface area contributed by atoms with Crippen LogP contribution in [0.4, 0.5) is 5.69 Å². The summed E-state index contributed by atoms with van der Waals surface area (Å²) in [5, 5.41) is 9.41. The van der Waals surface area contributed by atoms with E-state index in [1.807, 2.05) is 13.0 Å². The zero-order chi connectivity index (χ0) is 18.3. The predicted molar refractivity (Wildman–Crippen MR) is 100 cm³/mol. The summed E-state index contributed by atoms with van der Waals surface area (Å²) in [6, 6.07) is 1.83. The van der Waals surface area contributed by atoms with Gasteiger partial charge in [-0.15, -0.1) is 5.10 Å². The van der Waals surface area contributed by atoms with Crippen molar-refractivity contribution in [3.05, 3.63) is 39.1 Å². The van der Waals surface area contributed by atoms with Crippen molar-refractivity contribution >= 4 is 34.8 Å². The van der Waals surface area contributed by atoms with Crippen LogP contribution in [-0.2, 0) is 17.7 Å². The minimum absolute atomic E-state index is 0.171. The van der Waals surface area contributed by atoms with Crippen LogP contribution in [0.2, 0.25) is 10.0 Å². The number of rotatable bonds is 3. The van der Waals surface area contributed by atoms with Crippen LogP contribution in [-0.4, -0.2) is 40.7 Å². The van der Waals surface area contributed by atoms with E-state index in [0.29, 0.717) is 34.7 Å². The maximum Gasteiger partial charge on any atom is 0.280 e. The minimum atomic E-state index is -0.171. The molecule has 2 aromatic rings. The van der Waals surface area contributed by atoms with Gasteiger partial charge in [-0.2, -0.15) is 0 Å². The molecule has 0 radical (unpaired) electrons. The average Bonchev–Trinajstić information content (AvgIpc) is 3.31. The first-order valence-corrected chi connectivity index (χ1v) is 9.57. The van der Waals surface area contributed by atoms with Crippen molar-refractivity contribution in [1.82, 2.24) is 15.0 Å². The van der Waals surface area contributed by atoms with Gasteiger partial charge in [0.15, 0.2) is 5.69 Å². The van der Waals surface area contributed by atoms with Gasteiger partial charge in [0.1, 0.15) is 0 Å². The topological polar surface area (TPSA) is 60.2 Å². The van der Waals surface area contributed by atoms with Gasteiger partial charge in [0.25, 0.3) is 5.91 Å². The number of hydrogen-bond donors (Lipinski definition) is 0. The summed E-state index contributed by atoms with van der Waals surface area (Å²) in [6.45, 7) is 4.75. The maximum atomic E-state index is 13.0. The molecular formula is C18H20Cl2N4O2. The van der Waals surface area contributed by atoms with Gasteiger partial charge >= 0.3 is 0 Å². The molecule has 2 aliphatic heterocycles. The van der Waals surface area contributed by atoms with Crippen LogP contribution in [0.25, 0.3) is 0 Å². The van der Waals surface area contributed by atoms with E-state index >= 15 is 0 Å². The quantitative estimate of drug-likeness (QED) is 0.798. The highest BCUT2D eigenvalue weighted by Gasteiger charge is 2.28. The van der Waals surface area contributed by atoms with E-state index in [-0.39, 0.29) is 5.91 Å². The molecule has 26 heavy (non-hydrogen) atoms. The molecule has 1 unspecified atom stereocenters. The fraction of sp³-hybridized carbons (Fsp3) is 0.500. The van der Waals surface area contributed by atoms with E-state index in [1.165, 1.54) is 0 Å². The van der Waals surface area contributed by atoms with Crippen molar-refractivity contribution in [1.29, 1.82) is 0 Å². The van der Waals surface area contributed by atoms with E-state index in [1.54, 1.807) is 15.8 Å². The Labute approximate surface area is 162 Å². The lowest BCUT2D eigenvalue weighted by Crippen LogP contribution is -2.36. The standard InChI is InChI=1S/C18H20Cl2N4O2/c1-11-14(19)7-16-13(17(11)20)3-2-5-24(16)18(25)15-9-23(22-21-15)8-12-4-6-26-10-12/h7,9,12H,2-6,8,10H2,1H3. The summed E-state index contributed by atoms with van der Waals surface area (Å²) in [4.78, 5) is 14.7. The fourth-order valence-electron chi connectivity index (χ4n) is 3.60. The smallest absolute Gasteiger partial charge is 0.280 e. The molecule has 6 nitrogen and oxygen atoms in total. The number of anilines is 1. The van der Waals surface area contributed by atoms with Crippen LogP contribution in [0.15, 0.2) is 12.3 Å². The van der Waals surface area contributed by atoms with Gasteiger partial charge < -0.3 is 9.64 Å². The Kier molecular flexibility index (Phi) is 4.90. The summed E-state index contributed by atoms with van der Waals surface area (Å²) in [7, 11) is 0. The van der Waals surface area contributed by atoms with Crippen LogP contribution in [0.3, 0.4) is 0 Å². The predicted octanol–water partition coefficient (Wildman–Crippen LogP) is 3.52. The van der Waals surface area contributed by atoms with Crippen LogP contribution in [0, 0.1) is 12.8 Å². The number of halogens is 2. The molecule has 4 rings (SSSR count). The zero-order valence-electron chi connectivity index (χ0n) is 14.5. The minimum Gasteiger partial charge on any atom is -0.381 e. The second-order valence-corrected chi connectivity index (χ2v) is 7.70. The summed E-state index contributed by atoms with van der Waals surface area (Å²) < 4.78 is 7.12. The molecule has 0 N–H and O–H groups in total. The molecule has 138 valence electrons. The first kappa shape index (κ1) is 17.8. The van der Waals surface area contributed by atoms with Crippen LogP contribution < -0.4 is 4.90 Å². The number of fused-ring (bicyclic) bond motifs is 1.